The summed E-state index contributed by atoms with van der Waals surface area (Å²) in [7, 11) is 0. The van der Waals surface area contributed by atoms with Gasteiger partial charge in [-0.1, -0.05) is 6.92 Å². The molecule has 1 atom stereocenters. The third-order valence-corrected chi connectivity index (χ3v) is 1.95. The zero-order valence-electron chi connectivity index (χ0n) is 11.5. The van der Waals surface area contributed by atoms with Crippen LogP contribution in [-0.2, 0) is 14.3 Å². The number of hydrogen-bond donors (Lipinski definition) is 0. The summed E-state index contributed by atoms with van der Waals surface area (Å²) in [5.74, 6) is -0.604. The van der Waals surface area contributed by atoms with Crippen LogP contribution in [0.25, 0.3) is 0 Å². The lowest BCUT2D eigenvalue weighted by Gasteiger charge is -2.26. The molecule has 18 heavy (non-hydrogen) atoms. The Hall–Kier alpha value is -1.77. The highest BCUT2D eigenvalue weighted by atomic mass is 16.6. The number of nitriles is 1. The van der Waals surface area contributed by atoms with Gasteiger partial charge in [-0.05, 0) is 34.1 Å². The van der Waals surface area contributed by atoms with E-state index in [1.807, 2.05) is 0 Å². The fraction of sp³-hybridized carbons (Fsp3) is 0.750. The second-order valence-electron chi connectivity index (χ2n) is 4.63. The zero-order chi connectivity index (χ0) is 14.3. The molecule has 1 amide bonds. The standard InChI is InChI=1S/C12H20N2O4/c1-6-9(10(15)17-7-2)14(8-13)11(16)18-12(3,4)5/h9H,6-7H2,1-5H3. The van der Waals surface area contributed by atoms with Crippen LogP contribution in [0.5, 0.6) is 0 Å². The van der Waals surface area contributed by atoms with Crippen molar-refractivity contribution in [2.75, 3.05) is 6.61 Å². The van der Waals surface area contributed by atoms with Gasteiger partial charge in [-0.15, -0.1) is 0 Å². The van der Waals surface area contributed by atoms with Crippen LogP contribution in [0.4, 0.5) is 4.79 Å². The Morgan fingerprint density at radius 2 is 1.89 bits per heavy atom. The first kappa shape index (κ1) is 16.2. The summed E-state index contributed by atoms with van der Waals surface area (Å²) in [6.07, 6.45) is 1.11. The van der Waals surface area contributed by atoms with Gasteiger partial charge in [0.15, 0.2) is 6.19 Å². The van der Waals surface area contributed by atoms with Crippen LogP contribution < -0.4 is 0 Å². The molecule has 0 rings (SSSR count). The molecule has 0 spiro atoms. The monoisotopic (exact) mass is 256 g/mol. The van der Waals surface area contributed by atoms with Crippen molar-refractivity contribution in [3.8, 4) is 6.19 Å². The maximum absolute atomic E-state index is 11.8. The molecule has 0 aliphatic rings. The summed E-state index contributed by atoms with van der Waals surface area (Å²) in [4.78, 5) is 24.1. The number of amides is 1. The van der Waals surface area contributed by atoms with Crippen LogP contribution >= 0.6 is 0 Å². The molecule has 0 aliphatic heterocycles. The molecule has 0 saturated heterocycles. The van der Waals surface area contributed by atoms with Crippen LogP contribution in [0, 0.1) is 11.5 Å². The molecule has 0 aromatic heterocycles. The zero-order valence-corrected chi connectivity index (χ0v) is 11.5. The predicted octanol–water partition coefficient (Wildman–Crippen LogP) is 2.05. The Labute approximate surface area is 107 Å². The summed E-state index contributed by atoms with van der Waals surface area (Å²) in [5.41, 5.74) is -0.723. The summed E-state index contributed by atoms with van der Waals surface area (Å²) < 4.78 is 9.88. The van der Waals surface area contributed by atoms with E-state index in [0.29, 0.717) is 4.90 Å². The molecular formula is C12H20N2O4. The number of esters is 1. The highest BCUT2D eigenvalue weighted by Gasteiger charge is 2.33. The van der Waals surface area contributed by atoms with Gasteiger partial charge in [0, 0.05) is 0 Å². The van der Waals surface area contributed by atoms with Crippen molar-refractivity contribution >= 4 is 12.1 Å². The Bertz CT molecular complexity index is 341. The number of hydrogen-bond acceptors (Lipinski definition) is 5. The van der Waals surface area contributed by atoms with E-state index in [2.05, 4.69) is 0 Å². The third kappa shape index (κ3) is 5.04. The van der Waals surface area contributed by atoms with Crippen molar-refractivity contribution in [3.05, 3.63) is 0 Å². The van der Waals surface area contributed by atoms with Crippen LogP contribution in [0.3, 0.4) is 0 Å². The molecule has 0 radical (unpaired) electrons. The molecular weight excluding hydrogens is 236 g/mol. The number of carbonyl (C=O) groups is 2. The molecule has 0 saturated carbocycles. The Morgan fingerprint density at radius 3 is 2.22 bits per heavy atom. The third-order valence-electron chi connectivity index (χ3n) is 1.95. The van der Waals surface area contributed by atoms with Crippen LogP contribution in [0.15, 0.2) is 0 Å². The average molecular weight is 256 g/mol. The first-order chi connectivity index (χ1) is 8.26. The van der Waals surface area contributed by atoms with Gasteiger partial charge in [-0.2, -0.15) is 10.2 Å². The minimum absolute atomic E-state index is 0.197. The normalized spacial score (nSPS) is 12.2. The molecule has 0 heterocycles. The van der Waals surface area contributed by atoms with Gasteiger partial charge in [0.2, 0.25) is 0 Å². The van der Waals surface area contributed by atoms with Crippen molar-refractivity contribution in [1.82, 2.24) is 4.90 Å². The van der Waals surface area contributed by atoms with Crippen LogP contribution in [0.1, 0.15) is 41.0 Å². The lowest BCUT2D eigenvalue weighted by atomic mass is 10.2. The highest BCUT2D eigenvalue weighted by Crippen LogP contribution is 2.13. The lowest BCUT2D eigenvalue weighted by molar-refractivity contribution is -0.148. The molecule has 0 N–H and O–H groups in total. The second kappa shape index (κ2) is 6.84. The van der Waals surface area contributed by atoms with Crippen molar-refractivity contribution in [1.29, 1.82) is 5.26 Å². The van der Waals surface area contributed by atoms with Crippen molar-refractivity contribution in [3.63, 3.8) is 0 Å². The first-order valence-corrected chi connectivity index (χ1v) is 5.85. The lowest BCUT2D eigenvalue weighted by Crippen LogP contribution is -2.44. The molecule has 0 aliphatic carbocycles. The Balaban J connectivity index is 4.89. The fourth-order valence-corrected chi connectivity index (χ4v) is 1.24. The van der Waals surface area contributed by atoms with Crippen molar-refractivity contribution in [2.24, 2.45) is 0 Å². The first-order valence-electron chi connectivity index (χ1n) is 5.85. The van der Waals surface area contributed by atoms with E-state index in [1.54, 1.807) is 40.8 Å². The van der Waals surface area contributed by atoms with Crippen molar-refractivity contribution < 1.29 is 19.1 Å². The van der Waals surface area contributed by atoms with Gasteiger partial charge in [0.05, 0.1) is 6.61 Å². The fourth-order valence-electron chi connectivity index (χ4n) is 1.24. The minimum Gasteiger partial charge on any atom is -0.464 e. The Kier molecular flexibility index (Phi) is 6.17. The van der Waals surface area contributed by atoms with E-state index in [0.717, 1.165) is 0 Å². The number of carbonyl (C=O) groups excluding carboxylic acids is 2. The van der Waals surface area contributed by atoms with Crippen molar-refractivity contribution in [2.45, 2.75) is 52.7 Å². The summed E-state index contributed by atoms with van der Waals surface area (Å²) in [6.45, 7) is 8.61. The molecule has 6 nitrogen and oxygen atoms in total. The molecule has 0 aromatic carbocycles. The van der Waals surface area contributed by atoms with E-state index in [4.69, 9.17) is 14.7 Å². The van der Waals surface area contributed by atoms with Gasteiger partial charge >= 0.3 is 12.1 Å². The van der Waals surface area contributed by atoms with Gasteiger partial charge in [0.1, 0.15) is 11.6 Å². The minimum atomic E-state index is -0.940. The maximum atomic E-state index is 11.8. The predicted molar refractivity (Wildman–Crippen MR) is 64.4 cm³/mol. The SMILES string of the molecule is CCOC(=O)C(CC)N(C#N)C(=O)OC(C)(C)C. The summed E-state index contributed by atoms with van der Waals surface area (Å²) in [6, 6.07) is -0.940. The largest absolute Gasteiger partial charge is 0.464 e. The highest BCUT2D eigenvalue weighted by molar-refractivity contribution is 5.82. The molecule has 0 bridgehead atoms. The molecule has 1 unspecified atom stereocenters. The number of rotatable bonds is 4. The van der Waals surface area contributed by atoms with E-state index < -0.39 is 23.7 Å². The Morgan fingerprint density at radius 1 is 1.33 bits per heavy atom. The number of nitrogens with zero attached hydrogens (tertiary/aromatic N) is 2. The quantitative estimate of drug-likeness (QED) is 0.437. The van der Waals surface area contributed by atoms with Crippen LogP contribution in [-0.4, -0.2) is 35.2 Å². The topological polar surface area (TPSA) is 79.6 Å². The molecule has 102 valence electrons. The molecule has 6 heteroatoms. The van der Waals surface area contributed by atoms with E-state index in [1.165, 1.54) is 0 Å². The van der Waals surface area contributed by atoms with E-state index in [9.17, 15) is 9.59 Å². The molecule has 0 aromatic rings. The average Bonchev–Trinajstić information content (AvgIpc) is 2.22. The van der Waals surface area contributed by atoms with Gasteiger partial charge < -0.3 is 9.47 Å². The van der Waals surface area contributed by atoms with Crippen LogP contribution in [0.2, 0.25) is 0 Å². The second-order valence-corrected chi connectivity index (χ2v) is 4.63. The van der Waals surface area contributed by atoms with Gasteiger partial charge in [-0.3, -0.25) is 0 Å². The maximum Gasteiger partial charge on any atom is 0.424 e. The smallest absolute Gasteiger partial charge is 0.424 e. The van der Waals surface area contributed by atoms with Gasteiger partial charge in [-0.25, -0.2) is 9.59 Å². The van der Waals surface area contributed by atoms with Gasteiger partial charge in [0.25, 0.3) is 0 Å². The molecule has 0 fully saturated rings. The van der Waals surface area contributed by atoms with E-state index >= 15 is 0 Å². The number of ether oxygens (including phenoxy) is 2. The summed E-state index contributed by atoms with van der Waals surface area (Å²) >= 11 is 0. The summed E-state index contributed by atoms with van der Waals surface area (Å²) in [5, 5.41) is 8.98. The van der Waals surface area contributed by atoms with E-state index in [-0.39, 0.29) is 13.0 Å².